The Labute approximate surface area is 140 Å². The molecule has 1 aromatic rings. The molecule has 1 aliphatic heterocycles. The molecule has 1 fully saturated rings. The number of hydrogen-bond donors (Lipinski definition) is 1. The van der Waals surface area contributed by atoms with Crippen molar-refractivity contribution in [1.82, 2.24) is 25.0 Å². The highest BCUT2D eigenvalue weighted by atomic mass is 15.3. The second kappa shape index (κ2) is 9.53. The largest absolute Gasteiger partial charge is 0.354 e. The van der Waals surface area contributed by atoms with Crippen molar-refractivity contribution in [3.8, 4) is 0 Å². The van der Waals surface area contributed by atoms with Gasteiger partial charge in [-0.25, -0.2) is 0 Å². The average molecular weight is 320 g/mol. The molecule has 23 heavy (non-hydrogen) atoms. The Bertz CT molecular complexity index is 481. The molecule has 1 unspecified atom stereocenters. The molecule has 0 radical (unpaired) electrons. The fraction of sp³-hybridized carbons (Fsp3) is 0.824. The minimum Gasteiger partial charge on any atom is -0.354 e. The number of aliphatic imine (C=N–C) groups is 1. The fourth-order valence-electron chi connectivity index (χ4n) is 3.02. The molecule has 1 N–H and O–H groups in total. The minimum absolute atomic E-state index is 0.756. The lowest BCUT2D eigenvalue weighted by Gasteiger charge is -2.33. The highest BCUT2D eigenvalue weighted by Gasteiger charge is 2.19. The van der Waals surface area contributed by atoms with Crippen LogP contribution >= 0.6 is 0 Å². The van der Waals surface area contributed by atoms with E-state index in [1.165, 1.54) is 19.3 Å². The molecule has 1 saturated heterocycles. The molecule has 0 amide bonds. The van der Waals surface area contributed by atoms with Crippen LogP contribution in [0.4, 0.5) is 0 Å². The van der Waals surface area contributed by atoms with Crippen molar-refractivity contribution < 1.29 is 0 Å². The van der Waals surface area contributed by atoms with Crippen LogP contribution < -0.4 is 5.32 Å². The average Bonchev–Trinajstić information content (AvgIpc) is 3.01. The van der Waals surface area contributed by atoms with Crippen molar-refractivity contribution in [2.75, 3.05) is 26.2 Å². The Balaban J connectivity index is 1.90. The molecule has 2 rings (SSSR count). The molecule has 2 heterocycles. The van der Waals surface area contributed by atoms with Gasteiger partial charge in [-0.05, 0) is 25.2 Å². The van der Waals surface area contributed by atoms with E-state index in [9.17, 15) is 0 Å². The Morgan fingerprint density at radius 1 is 1.43 bits per heavy atom. The molecule has 1 atom stereocenters. The maximum atomic E-state index is 4.82. The molecule has 130 valence electrons. The third kappa shape index (κ3) is 5.52. The summed E-state index contributed by atoms with van der Waals surface area (Å²) in [5.74, 6) is 2.88. The van der Waals surface area contributed by atoms with Gasteiger partial charge >= 0.3 is 0 Å². The van der Waals surface area contributed by atoms with E-state index in [2.05, 4.69) is 45.8 Å². The van der Waals surface area contributed by atoms with Gasteiger partial charge in [-0.15, -0.1) is 10.2 Å². The van der Waals surface area contributed by atoms with Crippen LogP contribution in [0.15, 0.2) is 11.3 Å². The zero-order valence-corrected chi connectivity index (χ0v) is 15.0. The SMILES string of the molecule is CCCCN=C(NCCn1cnnc1CC)N1CCCC(C)C1. The predicted octanol–water partition coefficient (Wildman–Crippen LogP) is 2.32. The first kappa shape index (κ1) is 17.8. The number of aryl methyl sites for hydroxylation is 1. The molecule has 1 aromatic heterocycles. The van der Waals surface area contributed by atoms with E-state index in [1.807, 2.05) is 6.33 Å². The smallest absolute Gasteiger partial charge is 0.193 e. The van der Waals surface area contributed by atoms with E-state index in [-0.39, 0.29) is 0 Å². The van der Waals surface area contributed by atoms with Crippen molar-refractivity contribution in [2.24, 2.45) is 10.9 Å². The first-order valence-electron chi connectivity index (χ1n) is 9.14. The number of unbranched alkanes of at least 4 members (excludes halogenated alkanes) is 1. The van der Waals surface area contributed by atoms with Gasteiger partial charge in [0, 0.05) is 39.1 Å². The summed E-state index contributed by atoms with van der Waals surface area (Å²) >= 11 is 0. The van der Waals surface area contributed by atoms with Crippen LogP contribution in [0.1, 0.15) is 52.3 Å². The Kier molecular flexibility index (Phi) is 7.36. The molecule has 0 aromatic carbocycles. The Morgan fingerprint density at radius 3 is 3.04 bits per heavy atom. The Morgan fingerprint density at radius 2 is 2.30 bits per heavy atom. The fourth-order valence-corrected chi connectivity index (χ4v) is 3.02. The van der Waals surface area contributed by atoms with Crippen molar-refractivity contribution in [3.05, 3.63) is 12.2 Å². The van der Waals surface area contributed by atoms with Gasteiger partial charge in [0.05, 0.1) is 0 Å². The maximum Gasteiger partial charge on any atom is 0.193 e. The molecule has 0 spiro atoms. The quantitative estimate of drug-likeness (QED) is 0.476. The minimum atomic E-state index is 0.756. The summed E-state index contributed by atoms with van der Waals surface area (Å²) in [6, 6.07) is 0. The number of nitrogens with zero attached hydrogens (tertiary/aromatic N) is 5. The normalized spacial score (nSPS) is 19.2. The predicted molar refractivity (Wildman–Crippen MR) is 94.6 cm³/mol. The van der Waals surface area contributed by atoms with Crippen molar-refractivity contribution in [1.29, 1.82) is 0 Å². The molecular formula is C17H32N6. The number of rotatable bonds is 7. The van der Waals surface area contributed by atoms with Gasteiger partial charge in [0.15, 0.2) is 5.96 Å². The van der Waals surface area contributed by atoms with E-state index >= 15 is 0 Å². The second-order valence-corrected chi connectivity index (χ2v) is 6.47. The van der Waals surface area contributed by atoms with Crippen molar-refractivity contribution in [2.45, 2.75) is 59.4 Å². The van der Waals surface area contributed by atoms with E-state index in [4.69, 9.17) is 4.99 Å². The summed E-state index contributed by atoms with van der Waals surface area (Å²) in [6.07, 6.45) is 7.67. The Hall–Kier alpha value is -1.59. The van der Waals surface area contributed by atoms with Gasteiger partial charge in [0.1, 0.15) is 12.2 Å². The monoisotopic (exact) mass is 320 g/mol. The van der Waals surface area contributed by atoms with Gasteiger partial charge in [-0.2, -0.15) is 0 Å². The first-order valence-corrected chi connectivity index (χ1v) is 9.14. The summed E-state index contributed by atoms with van der Waals surface area (Å²) in [6.45, 7) is 11.6. The van der Waals surface area contributed by atoms with Crippen molar-refractivity contribution >= 4 is 5.96 Å². The third-order valence-corrected chi connectivity index (χ3v) is 4.38. The van der Waals surface area contributed by atoms with Crippen LogP contribution in [0.2, 0.25) is 0 Å². The number of guanidine groups is 1. The third-order valence-electron chi connectivity index (χ3n) is 4.38. The highest BCUT2D eigenvalue weighted by molar-refractivity contribution is 5.80. The van der Waals surface area contributed by atoms with Crippen LogP contribution in [0, 0.1) is 5.92 Å². The van der Waals surface area contributed by atoms with Crippen LogP contribution in [0.3, 0.4) is 0 Å². The molecular weight excluding hydrogens is 288 g/mol. The number of piperidine rings is 1. The molecule has 1 aliphatic rings. The summed E-state index contributed by atoms with van der Waals surface area (Å²) in [5.41, 5.74) is 0. The molecule has 6 heteroatoms. The van der Waals surface area contributed by atoms with Gasteiger partial charge in [-0.3, -0.25) is 4.99 Å². The lowest BCUT2D eigenvalue weighted by atomic mass is 10.0. The topological polar surface area (TPSA) is 58.3 Å². The van der Waals surface area contributed by atoms with Gasteiger partial charge in [0.25, 0.3) is 0 Å². The van der Waals surface area contributed by atoms with E-state index in [0.29, 0.717) is 0 Å². The van der Waals surface area contributed by atoms with Crippen LogP contribution in [0.5, 0.6) is 0 Å². The first-order chi connectivity index (χ1) is 11.2. The van der Waals surface area contributed by atoms with Crippen LogP contribution in [-0.4, -0.2) is 51.8 Å². The van der Waals surface area contributed by atoms with Crippen molar-refractivity contribution in [3.63, 3.8) is 0 Å². The number of nitrogens with one attached hydrogen (secondary N) is 1. The van der Waals surface area contributed by atoms with Gasteiger partial charge in [-0.1, -0.05) is 27.2 Å². The maximum absolute atomic E-state index is 4.82. The van der Waals surface area contributed by atoms with Gasteiger partial charge < -0.3 is 14.8 Å². The number of hydrogen-bond acceptors (Lipinski definition) is 3. The summed E-state index contributed by atoms with van der Waals surface area (Å²) in [4.78, 5) is 7.25. The lowest BCUT2D eigenvalue weighted by molar-refractivity contribution is 0.265. The zero-order chi connectivity index (χ0) is 16.5. The summed E-state index contributed by atoms with van der Waals surface area (Å²) in [7, 11) is 0. The number of aromatic nitrogens is 3. The summed E-state index contributed by atoms with van der Waals surface area (Å²) < 4.78 is 2.12. The van der Waals surface area contributed by atoms with Crippen LogP contribution in [-0.2, 0) is 13.0 Å². The molecule has 6 nitrogen and oxygen atoms in total. The molecule has 0 saturated carbocycles. The second-order valence-electron chi connectivity index (χ2n) is 6.47. The van der Waals surface area contributed by atoms with E-state index in [0.717, 1.165) is 63.3 Å². The lowest BCUT2D eigenvalue weighted by Crippen LogP contribution is -2.47. The standard InChI is InChI=1S/C17H32N6/c1-4-6-9-18-17(22-11-7-8-15(3)13-22)19-10-12-23-14-20-21-16(23)5-2/h14-15H,4-13H2,1-3H3,(H,18,19). The zero-order valence-electron chi connectivity index (χ0n) is 15.0. The molecule has 0 aliphatic carbocycles. The van der Waals surface area contributed by atoms with E-state index < -0.39 is 0 Å². The van der Waals surface area contributed by atoms with E-state index in [1.54, 1.807) is 0 Å². The summed E-state index contributed by atoms with van der Waals surface area (Å²) in [5, 5.41) is 11.7. The van der Waals surface area contributed by atoms with Gasteiger partial charge in [0.2, 0.25) is 0 Å². The number of likely N-dealkylation sites (tertiary alicyclic amines) is 1. The van der Waals surface area contributed by atoms with Crippen LogP contribution in [0.25, 0.3) is 0 Å². The highest BCUT2D eigenvalue weighted by Crippen LogP contribution is 2.15. The molecule has 0 bridgehead atoms.